The van der Waals surface area contributed by atoms with Crippen LogP contribution in [-0.4, -0.2) is 18.7 Å². The van der Waals surface area contributed by atoms with Crippen LogP contribution >= 0.6 is 0 Å². The molecule has 0 unspecified atom stereocenters. The number of rotatable bonds is 2. The third-order valence-corrected chi connectivity index (χ3v) is 4.05. The predicted molar refractivity (Wildman–Crippen MR) is 93.4 cm³/mol. The molecule has 0 aliphatic carbocycles. The van der Waals surface area contributed by atoms with Gasteiger partial charge in [0.15, 0.2) is 0 Å². The fraction of sp³-hybridized carbons (Fsp3) is 0.316. The summed E-state index contributed by atoms with van der Waals surface area (Å²) in [6.45, 7) is 6.66. The van der Waals surface area contributed by atoms with Crippen molar-refractivity contribution in [2.45, 2.75) is 33.3 Å². The van der Waals surface area contributed by atoms with Gasteiger partial charge >= 0.3 is 6.03 Å². The van der Waals surface area contributed by atoms with E-state index in [9.17, 15) is 4.79 Å². The van der Waals surface area contributed by atoms with Gasteiger partial charge in [0.25, 0.3) is 0 Å². The molecular weight excluding hydrogens is 288 g/mol. The first kappa shape index (κ1) is 15.4. The molecule has 1 atom stereocenters. The van der Waals surface area contributed by atoms with Crippen molar-refractivity contribution in [2.24, 2.45) is 0 Å². The highest BCUT2D eigenvalue weighted by Gasteiger charge is 2.29. The fourth-order valence-electron chi connectivity index (χ4n) is 2.78. The van der Waals surface area contributed by atoms with Gasteiger partial charge in [0.1, 0.15) is 11.9 Å². The van der Waals surface area contributed by atoms with Gasteiger partial charge in [-0.1, -0.05) is 25.1 Å². The maximum absolute atomic E-state index is 12.8. The van der Waals surface area contributed by atoms with E-state index in [0.29, 0.717) is 6.54 Å². The average molecular weight is 310 g/mol. The minimum absolute atomic E-state index is 0.0217. The summed E-state index contributed by atoms with van der Waals surface area (Å²) in [6, 6.07) is 13.6. The molecule has 0 saturated heterocycles. The second kappa shape index (κ2) is 6.32. The largest absolute Gasteiger partial charge is 0.486 e. The van der Waals surface area contributed by atoms with Gasteiger partial charge < -0.3 is 10.1 Å². The van der Waals surface area contributed by atoms with Gasteiger partial charge in [0, 0.05) is 5.69 Å². The molecule has 3 rings (SSSR count). The number of anilines is 2. The first-order valence-electron chi connectivity index (χ1n) is 7.99. The molecule has 2 aromatic carbocycles. The molecule has 0 bridgehead atoms. The quantitative estimate of drug-likeness (QED) is 0.886. The Morgan fingerprint density at radius 3 is 2.74 bits per heavy atom. The zero-order valence-corrected chi connectivity index (χ0v) is 13.8. The predicted octanol–water partition coefficient (Wildman–Crippen LogP) is 4.51. The normalized spacial score (nSPS) is 16.5. The minimum Gasteiger partial charge on any atom is -0.486 e. The van der Waals surface area contributed by atoms with Crippen LogP contribution in [0.15, 0.2) is 42.5 Å². The Labute approximate surface area is 137 Å². The number of benzene rings is 2. The van der Waals surface area contributed by atoms with Crippen molar-refractivity contribution in [3.05, 3.63) is 53.6 Å². The average Bonchev–Trinajstić information content (AvgIpc) is 2.53. The first-order chi connectivity index (χ1) is 11.1. The molecule has 0 aromatic heterocycles. The topological polar surface area (TPSA) is 41.6 Å². The Morgan fingerprint density at radius 1 is 1.22 bits per heavy atom. The second-order valence-corrected chi connectivity index (χ2v) is 6.03. The lowest BCUT2D eigenvalue weighted by atomic mass is 10.1. The van der Waals surface area contributed by atoms with Crippen molar-refractivity contribution in [1.82, 2.24) is 0 Å². The summed E-state index contributed by atoms with van der Waals surface area (Å²) in [5.41, 5.74) is 3.87. The molecule has 4 heteroatoms. The summed E-state index contributed by atoms with van der Waals surface area (Å²) in [6.07, 6.45) is 0.884. The molecule has 0 fully saturated rings. The van der Waals surface area contributed by atoms with Gasteiger partial charge in [-0.2, -0.15) is 0 Å². The number of urea groups is 1. The summed E-state index contributed by atoms with van der Waals surface area (Å²) in [5, 5.41) is 2.99. The number of ether oxygens (including phenoxy) is 1. The third kappa shape index (κ3) is 3.31. The van der Waals surface area contributed by atoms with E-state index in [1.807, 2.05) is 56.3 Å². The van der Waals surface area contributed by atoms with Crippen LogP contribution in [-0.2, 0) is 0 Å². The van der Waals surface area contributed by atoms with Crippen LogP contribution in [0.3, 0.4) is 0 Å². The Bertz CT molecular complexity index is 727. The Balaban J connectivity index is 1.88. The van der Waals surface area contributed by atoms with E-state index < -0.39 is 0 Å². The van der Waals surface area contributed by atoms with Crippen molar-refractivity contribution < 1.29 is 9.53 Å². The number of hydrogen-bond acceptors (Lipinski definition) is 2. The highest BCUT2D eigenvalue weighted by molar-refractivity contribution is 6.03. The third-order valence-electron chi connectivity index (χ3n) is 4.05. The number of amides is 2. The maximum atomic E-state index is 12.8. The van der Waals surface area contributed by atoms with E-state index >= 15 is 0 Å². The summed E-state index contributed by atoms with van der Waals surface area (Å²) >= 11 is 0. The minimum atomic E-state index is -0.121. The highest BCUT2D eigenvalue weighted by atomic mass is 16.5. The SMILES string of the molecule is CC[C@@H]1CN(C(=O)Nc2cccc(C)c2)c2cc(C)ccc2O1. The van der Waals surface area contributed by atoms with Crippen LogP contribution in [0.5, 0.6) is 5.75 Å². The zero-order valence-electron chi connectivity index (χ0n) is 13.8. The number of aryl methyl sites for hydroxylation is 2. The molecular formula is C19H22N2O2. The van der Waals surface area contributed by atoms with Crippen molar-refractivity contribution >= 4 is 17.4 Å². The number of carbonyl (C=O) groups is 1. The molecule has 2 amide bonds. The van der Waals surface area contributed by atoms with Crippen molar-refractivity contribution in [3.63, 3.8) is 0 Å². The van der Waals surface area contributed by atoms with Crippen LogP contribution < -0.4 is 15.0 Å². The number of nitrogens with zero attached hydrogens (tertiary/aromatic N) is 1. The molecule has 4 nitrogen and oxygen atoms in total. The molecule has 1 aliphatic heterocycles. The smallest absolute Gasteiger partial charge is 0.326 e. The lowest BCUT2D eigenvalue weighted by Crippen LogP contribution is -2.45. The monoisotopic (exact) mass is 310 g/mol. The van der Waals surface area contributed by atoms with E-state index in [2.05, 4.69) is 12.2 Å². The van der Waals surface area contributed by atoms with Crippen LogP contribution in [0.1, 0.15) is 24.5 Å². The molecule has 23 heavy (non-hydrogen) atoms. The number of fused-ring (bicyclic) bond motifs is 1. The fourth-order valence-corrected chi connectivity index (χ4v) is 2.78. The van der Waals surface area contributed by atoms with Crippen molar-refractivity contribution in [2.75, 3.05) is 16.8 Å². The highest BCUT2D eigenvalue weighted by Crippen LogP contribution is 2.35. The lowest BCUT2D eigenvalue weighted by Gasteiger charge is -2.34. The molecule has 1 aliphatic rings. The molecule has 1 heterocycles. The standard InChI is InChI=1S/C19H22N2O2/c1-4-16-12-21(17-11-14(3)8-9-18(17)23-16)19(22)20-15-7-5-6-13(2)10-15/h5-11,16H,4,12H2,1-3H3,(H,20,22)/t16-/m1/s1. The number of carbonyl (C=O) groups excluding carboxylic acids is 1. The Hall–Kier alpha value is -2.49. The second-order valence-electron chi connectivity index (χ2n) is 6.03. The maximum Gasteiger partial charge on any atom is 0.326 e. The Kier molecular flexibility index (Phi) is 4.24. The van der Waals surface area contributed by atoms with Crippen LogP contribution in [0.25, 0.3) is 0 Å². The van der Waals surface area contributed by atoms with Gasteiger partial charge in [0.05, 0.1) is 12.2 Å². The first-order valence-corrected chi connectivity index (χ1v) is 7.99. The lowest BCUT2D eigenvalue weighted by molar-refractivity contribution is 0.188. The molecule has 0 spiro atoms. The summed E-state index contributed by atoms with van der Waals surface area (Å²) in [5.74, 6) is 0.771. The van der Waals surface area contributed by atoms with E-state index in [1.165, 1.54) is 0 Å². The number of hydrogen-bond donors (Lipinski definition) is 1. The molecule has 1 N–H and O–H groups in total. The molecule has 0 saturated carbocycles. The van der Waals surface area contributed by atoms with E-state index in [4.69, 9.17) is 4.74 Å². The van der Waals surface area contributed by atoms with Gasteiger partial charge in [-0.3, -0.25) is 4.90 Å². The molecule has 2 aromatic rings. The van der Waals surface area contributed by atoms with Gasteiger partial charge in [-0.25, -0.2) is 4.79 Å². The van der Waals surface area contributed by atoms with E-state index in [1.54, 1.807) is 4.90 Å². The molecule has 0 radical (unpaired) electrons. The van der Waals surface area contributed by atoms with Crippen molar-refractivity contribution in [3.8, 4) is 5.75 Å². The van der Waals surface area contributed by atoms with Gasteiger partial charge in [-0.05, 0) is 55.7 Å². The van der Waals surface area contributed by atoms with E-state index in [-0.39, 0.29) is 12.1 Å². The molecule has 120 valence electrons. The summed E-state index contributed by atoms with van der Waals surface area (Å²) in [4.78, 5) is 14.6. The zero-order chi connectivity index (χ0) is 16.4. The van der Waals surface area contributed by atoms with Gasteiger partial charge in [0.2, 0.25) is 0 Å². The van der Waals surface area contributed by atoms with E-state index in [0.717, 1.165) is 34.7 Å². The van der Waals surface area contributed by atoms with Gasteiger partial charge in [-0.15, -0.1) is 0 Å². The summed E-state index contributed by atoms with van der Waals surface area (Å²) in [7, 11) is 0. The van der Waals surface area contributed by atoms with Crippen LogP contribution in [0.2, 0.25) is 0 Å². The van der Waals surface area contributed by atoms with Crippen LogP contribution in [0.4, 0.5) is 16.2 Å². The van der Waals surface area contributed by atoms with Crippen molar-refractivity contribution in [1.29, 1.82) is 0 Å². The number of nitrogens with one attached hydrogen (secondary N) is 1. The summed E-state index contributed by atoms with van der Waals surface area (Å²) < 4.78 is 5.96. The Morgan fingerprint density at radius 2 is 2.00 bits per heavy atom. The van der Waals surface area contributed by atoms with Crippen LogP contribution in [0, 0.1) is 13.8 Å².